The van der Waals surface area contributed by atoms with Crippen molar-refractivity contribution in [2.24, 2.45) is 52.3 Å². The number of ether oxygens (including phenoxy) is 1. The third-order valence-electron chi connectivity index (χ3n) is 11.3. The highest BCUT2D eigenvalue weighted by molar-refractivity contribution is 5.69. The van der Waals surface area contributed by atoms with Gasteiger partial charge in [0.1, 0.15) is 0 Å². The zero-order valence-corrected chi connectivity index (χ0v) is 20.8. The Balaban J connectivity index is 1.63. The molecule has 0 amide bonds. The number of carbonyl (C=O) groups excluding carboxylic acids is 1. The Labute approximate surface area is 194 Å². The summed E-state index contributed by atoms with van der Waals surface area (Å²) < 4.78 is 4.85. The topological polar surface area (TPSA) is 87.0 Å². The Morgan fingerprint density at radius 1 is 1.06 bits per heavy atom. The van der Waals surface area contributed by atoms with Gasteiger partial charge in [0.25, 0.3) is 0 Å². The molecule has 12 atom stereocenters. The van der Waals surface area contributed by atoms with Crippen LogP contribution in [0.25, 0.3) is 0 Å². The summed E-state index contributed by atoms with van der Waals surface area (Å²) >= 11 is 0. The maximum absolute atomic E-state index is 11.8. The lowest BCUT2D eigenvalue weighted by Crippen LogP contribution is -2.65. The molecule has 3 unspecified atom stereocenters. The molecule has 0 saturated heterocycles. The Bertz CT molecular complexity index is 696. The van der Waals surface area contributed by atoms with E-state index in [2.05, 4.69) is 27.7 Å². The number of carbonyl (C=O) groups is 1. The molecule has 0 aromatic carbocycles. The number of esters is 1. The normalized spacial score (nSPS) is 51.3. The van der Waals surface area contributed by atoms with Gasteiger partial charge in [-0.3, -0.25) is 4.79 Å². The molecule has 3 N–H and O–H groups in total. The quantitative estimate of drug-likeness (QED) is 0.547. The monoisotopic (exact) mass is 450 g/mol. The minimum Gasteiger partial charge on any atom is -0.469 e. The van der Waals surface area contributed by atoms with Gasteiger partial charge in [0.05, 0.1) is 25.4 Å². The molecule has 0 aliphatic heterocycles. The van der Waals surface area contributed by atoms with E-state index in [9.17, 15) is 20.1 Å². The van der Waals surface area contributed by atoms with Gasteiger partial charge in [-0.25, -0.2) is 0 Å². The smallest absolute Gasteiger partial charge is 0.305 e. The average Bonchev–Trinajstić information content (AvgIpc) is 3.12. The first-order valence-corrected chi connectivity index (χ1v) is 13.2. The van der Waals surface area contributed by atoms with Crippen molar-refractivity contribution < 1.29 is 24.9 Å². The van der Waals surface area contributed by atoms with Crippen molar-refractivity contribution in [1.82, 2.24) is 0 Å². The van der Waals surface area contributed by atoms with Gasteiger partial charge in [0.15, 0.2) is 0 Å². The molecular formula is C27H46O5. The first-order valence-electron chi connectivity index (χ1n) is 13.2. The number of rotatable bonds is 5. The lowest BCUT2D eigenvalue weighted by Gasteiger charge is -2.65. The van der Waals surface area contributed by atoms with Crippen molar-refractivity contribution in [2.45, 2.75) is 104 Å². The number of hydrogen-bond donors (Lipinski definition) is 3. The Morgan fingerprint density at radius 3 is 2.44 bits per heavy atom. The molecule has 5 heteroatoms. The molecule has 0 bridgehead atoms. The highest BCUT2D eigenvalue weighted by atomic mass is 16.5. The Morgan fingerprint density at radius 2 is 1.78 bits per heavy atom. The van der Waals surface area contributed by atoms with Crippen molar-refractivity contribution in [2.75, 3.05) is 7.11 Å². The first-order chi connectivity index (χ1) is 15.1. The van der Waals surface area contributed by atoms with Crippen molar-refractivity contribution >= 4 is 5.97 Å². The minimum atomic E-state index is -0.378. The van der Waals surface area contributed by atoms with Crippen molar-refractivity contribution in [3.63, 3.8) is 0 Å². The zero-order chi connectivity index (χ0) is 23.4. The molecule has 0 aromatic rings. The largest absolute Gasteiger partial charge is 0.469 e. The molecule has 32 heavy (non-hydrogen) atoms. The van der Waals surface area contributed by atoms with E-state index in [1.54, 1.807) is 0 Å². The van der Waals surface area contributed by atoms with Crippen LogP contribution in [0.3, 0.4) is 0 Å². The van der Waals surface area contributed by atoms with Gasteiger partial charge >= 0.3 is 5.97 Å². The average molecular weight is 451 g/mol. The number of methoxy groups -OCH3 is 1. The number of aliphatic hydroxyl groups excluding tert-OH is 3. The highest BCUT2D eigenvalue weighted by Crippen LogP contribution is 2.69. The molecule has 0 radical (unpaired) electrons. The first kappa shape index (κ1) is 24.5. The number of fused-ring (bicyclic) bond motifs is 5. The van der Waals surface area contributed by atoms with Crippen molar-refractivity contribution in [3.05, 3.63) is 0 Å². The van der Waals surface area contributed by atoms with E-state index in [0.29, 0.717) is 36.0 Å². The predicted octanol–water partition coefficient (Wildman–Crippen LogP) is 4.17. The fourth-order valence-electron chi connectivity index (χ4n) is 9.54. The predicted molar refractivity (Wildman–Crippen MR) is 124 cm³/mol. The fourth-order valence-corrected chi connectivity index (χ4v) is 9.54. The van der Waals surface area contributed by atoms with Crippen LogP contribution < -0.4 is 0 Å². The lowest BCUT2D eigenvalue weighted by atomic mass is 9.41. The molecule has 4 saturated carbocycles. The van der Waals surface area contributed by atoms with Crippen LogP contribution in [0.2, 0.25) is 0 Å². The van der Waals surface area contributed by atoms with E-state index in [1.165, 1.54) is 7.11 Å². The van der Waals surface area contributed by atoms with Gasteiger partial charge in [0, 0.05) is 6.42 Å². The second-order valence-corrected chi connectivity index (χ2v) is 12.3. The summed E-state index contributed by atoms with van der Waals surface area (Å²) in [5, 5.41) is 33.9. The molecule has 5 nitrogen and oxygen atoms in total. The molecule has 0 heterocycles. The minimum absolute atomic E-state index is 0.0840. The van der Waals surface area contributed by atoms with Crippen molar-refractivity contribution in [1.29, 1.82) is 0 Å². The van der Waals surface area contributed by atoms with E-state index < -0.39 is 0 Å². The molecule has 4 aliphatic carbocycles. The summed E-state index contributed by atoms with van der Waals surface area (Å²) in [5.41, 5.74) is -0.131. The molecule has 4 aliphatic rings. The van der Waals surface area contributed by atoms with Gasteiger partial charge < -0.3 is 20.1 Å². The third kappa shape index (κ3) is 3.56. The van der Waals surface area contributed by atoms with Crippen LogP contribution in [-0.4, -0.2) is 46.7 Å². The maximum atomic E-state index is 11.8. The fraction of sp³-hybridized carbons (Fsp3) is 0.963. The summed E-state index contributed by atoms with van der Waals surface area (Å²) in [6.45, 7) is 9.10. The molecule has 184 valence electrons. The maximum Gasteiger partial charge on any atom is 0.305 e. The summed E-state index contributed by atoms with van der Waals surface area (Å²) in [5.74, 6) is 1.96. The standard InChI is InChI=1S/C27H46O5/c1-6-17-20-13-16(28)11-12-26(20,3)21-14-22(29)27(4)18(15(2)7-10-23(30)32-5)8-9-19(27)24(21)25(17)31/h15-22,24-25,28-29,31H,6-14H2,1-5H3/t15-,16-,17-,18-,19?,20+,21?,22+,24?,25-,26+,27-/m1/s1. The van der Waals surface area contributed by atoms with Crippen LogP contribution in [0.5, 0.6) is 0 Å². The molecule has 4 fully saturated rings. The van der Waals surface area contributed by atoms with Crippen molar-refractivity contribution in [3.8, 4) is 0 Å². The Kier molecular flexibility index (Phi) is 6.77. The van der Waals surface area contributed by atoms with Gasteiger partial charge in [0.2, 0.25) is 0 Å². The molecular weight excluding hydrogens is 404 g/mol. The summed E-state index contributed by atoms with van der Waals surface area (Å²) in [4.78, 5) is 11.7. The van der Waals surface area contributed by atoms with E-state index in [-0.39, 0.29) is 46.9 Å². The number of aliphatic hydroxyl groups is 3. The molecule has 0 aromatic heterocycles. The van der Waals surface area contributed by atoms with Crippen LogP contribution in [-0.2, 0) is 9.53 Å². The van der Waals surface area contributed by atoms with Gasteiger partial charge in [-0.2, -0.15) is 0 Å². The van der Waals surface area contributed by atoms with Crippen LogP contribution in [0.1, 0.15) is 85.5 Å². The zero-order valence-electron chi connectivity index (χ0n) is 20.8. The van der Waals surface area contributed by atoms with E-state index in [1.807, 2.05) is 0 Å². The van der Waals surface area contributed by atoms with Gasteiger partial charge in [-0.05, 0) is 97.2 Å². The summed E-state index contributed by atoms with van der Waals surface area (Å²) in [6, 6.07) is 0. The second-order valence-electron chi connectivity index (χ2n) is 12.3. The Hall–Kier alpha value is -0.650. The van der Waals surface area contributed by atoms with Gasteiger partial charge in [-0.15, -0.1) is 0 Å². The lowest BCUT2D eigenvalue weighted by molar-refractivity contribution is -0.228. The van der Waals surface area contributed by atoms with Crippen LogP contribution >= 0.6 is 0 Å². The van der Waals surface area contributed by atoms with Crippen LogP contribution in [0, 0.1) is 52.3 Å². The highest BCUT2D eigenvalue weighted by Gasteiger charge is 2.67. The summed E-state index contributed by atoms with van der Waals surface area (Å²) in [6.07, 6.45) is 6.69. The van der Waals surface area contributed by atoms with E-state index in [0.717, 1.165) is 51.4 Å². The third-order valence-corrected chi connectivity index (χ3v) is 11.3. The second kappa shape index (κ2) is 8.85. The number of hydrogen-bond acceptors (Lipinski definition) is 5. The SMILES string of the molecule is CC[C@H]1[C@@H](O)C2C3CC[C@H]([C@H](C)CCC(=O)OC)[C@@]3(C)[C@@H](O)CC2[C@@]2(C)CC[C@@H](O)C[C@@H]12. The van der Waals surface area contributed by atoms with Gasteiger partial charge in [-0.1, -0.05) is 34.1 Å². The van der Waals surface area contributed by atoms with Crippen LogP contribution in [0.4, 0.5) is 0 Å². The summed E-state index contributed by atoms with van der Waals surface area (Å²) in [7, 11) is 1.44. The van der Waals surface area contributed by atoms with E-state index >= 15 is 0 Å². The molecule has 4 rings (SSSR count). The van der Waals surface area contributed by atoms with Crippen LogP contribution in [0.15, 0.2) is 0 Å². The van der Waals surface area contributed by atoms with E-state index in [4.69, 9.17) is 4.74 Å². The molecule has 0 spiro atoms.